The van der Waals surface area contributed by atoms with Crippen LogP contribution in [0.25, 0.3) is 16.5 Å². The fourth-order valence-electron chi connectivity index (χ4n) is 5.10. The minimum Gasteiger partial charge on any atom is -0.465 e. The zero-order chi connectivity index (χ0) is 19.9. The first kappa shape index (κ1) is 19.3. The Labute approximate surface area is 167 Å². The summed E-state index contributed by atoms with van der Waals surface area (Å²) in [6.07, 6.45) is 1.99. The molecule has 150 valence electrons. The Balaban J connectivity index is 1.83. The molecule has 4 rings (SSSR count). The van der Waals surface area contributed by atoms with Crippen LogP contribution in [-0.4, -0.2) is 42.2 Å². The Hall–Kier alpha value is -2.05. The third-order valence-electron chi connectivity index (χ3n) is 7.06. The van der Waals surface area contributed by atoms with E-state index < -0.39 is 14.2 Å². The highest BCUT2D eigenvalue weighted by molar-refractivity contribution is 6.91. The van der Waals surface area contributed by atoms with Crippen LogP contribution in [0.3, 0.4) is 0 Å². The van der Waals surface area contributed by atoms with Crippen LogP contribution in [0.15, 0.2) is 18.2 Å². The van der Waals surface area contributed by atoms with Crippen LogP contribution in [0.1, 0.15) is 43.9 Å². The molecule has 2 aliphatic heterocycles. The summed E-state index contributed by atoms with van der Waals surface area (Å²) >= 11 is 0. The topological polar surface area (TPSA) is 65.6 Å². The number of aromatic amines is 1. The fraction of sp³-hybridized carbons (Fsp3) is 0.500. The number of H-pyrrole nitrogens is 1. The lowest BCUT2D eigenvalue weighted by Crippen LogP contribution is -2.48. The molecule has 28 heavy (non-hydrogen) atoms. The lowest BCUT2D eigenvalue weighted by molar-refractivity contribution is 0.103. The third-order valence-corrected chi connectivity index (χ3v) is 12.6. The monoisotopic (exact) mass is 398 g/mol. The van der Waals surface area contributed by atoms with Crippen molar-refractivity contribution in [1.29, 1.82) is 0 Å². The first-order valence-corrected chi connectivity index (χ1v) is 13.1. The smallest absolute Gasteiger partial charge is 0.407 e. The molecule has 0 saturated carbocycles. The summed E-state index contributed by atoms with van der Waals surface area (Å²) in [7, 11) is -1.53. The van der Waals surface area contributed by atoms with Gasteiger partial charge < -0.3 is 19.7 Å². The quantitative estimate of drug-likeness (QED) is 0.719. The summed E-state index contributed by atoms with van der Waals surface area (Å²) in [6.45, 7) is 9.38. The number of hydrogen-bond acceptors (Lipinski definition) is 2. The molecule has 5 nitrogen and oxygen atoms in total. The molecular formula is C22H30N2O3Si. The zero-order valence-corrected chi connectivity index (χ0v) is 18.1. The predicted octanol–water partition coefficient (Wildman–Crippen LogP) is 4.68. The van der Waals surface area contributed by atoms with E-state index in [1.165, 1.54) is 61.5 Å². The second-order valence-electron chi connectivity index (χ2n) is 8.03. The van der Waals surface area contributed by atoms with Gasteiger partial charge in [-0.25, -0.2) is 4.79 Å². The van der Waals surface area contributed by atoms with Crippen LogP contribution in [0.2, 0.25) is 18.1 Å². The van der Waals surface area contributed by atoms with Crippen molar-refractivity contribution in [2.24, 2.45) is 0 Å². The maximum absolute atomic E-state index is 11.2. The summed E-state index contributed by atoms with van der Waals surface area (Å²) in [6, 6.07) is 8.16. The van der Waals surface area contributed by atoms with E-state index in [0.29, 0.717) is 26.3 Å². The lowest BCUT2D eigenvalue weighted by Gasteiger charge is -2.29. The van der Waals surface area contributed by atoms with Crippen molar-refractivity contribution < 1.29 is 14.6 Å². The van der Waals surface area contributed by atoms with Gasteiger partial charge in [0.1, 0.15) is 8.07 Å². The van der Waals surface area contributed by atoms with E-state index in [-0.39, 0.29) is 0 Å². The molecular weight excluding hydrogens is 368 g/mol. The van der Waals surface area contributed by atoms with Crippen LogP contribution in [0.5, 0.6) is 0 Å². The molecule has 0 saturated heterocycles. The van der Waals surface area contributed by atoms with Gasteiger partial charge in [-0.1, -0.05) is 51.0 Å². The van der Waals surface area contributed by atoms with Gasteiger partial charge in [0.2, 0.25) is 0 Å². The van der Waals surface area contributed by atoms with Crippen LogP contribution >= 0.6 is 0 Å². The van der Waals surface area contributed by atoms with Crippen molar-refractivity contribution in [2.45, 2.75) is 58.5 Å². The third kappa shape index (κ3) is 2.90. The average molecular weight is 399 g/mol. The van der Waals surface area contributed by atoms with Crippen molar-refractivity contribution in [3.05, 3.63) is 34.9 Å². The molecule has 0 spiro atoms. The number of ether oxygens (including phenoxy) is 1. The van der Waals surface area contributed by atoms with Crippen molar-refractivity contribution >= 4 is 36.0 Å². The second-order valence-corrected chi connectivity index (χ2v) is 13.2. The number of nitrogens with one attached hydrogen (secondary N) is 1. The maximum atomic E-state index is 11.2. The minimum absolute atomic E-state index is 0.464. The van der Waals surface area contributed by atoms with Gasteiger partial charge in [0.15, 0.2) is 0 Å². The van der Waals surface area contributed by atoms with E-state index in [4.69, 9.17) is 4.74 Å². The number of aromatic nitrogens is 1. The lowest BCUT2D eigenvalue weighted by atomic mass is 9.91. The Kier molecular flexibility index (Phi) is 5.10. The summed E-state index contributed by atoms with van der Waals surface area (Å²) in [4.78, 5) is 16.5. The van der Waals surface area contributed by atoms with Gasteiger partial charge in [-0.2, -0.15) is 0 Å². The van der Waals surface area contributed by atoms with Gasteiger partial charge in [0.25, 0.3) is 0 Å². The molecule has 0 unspecified atom stereocenters. The Morgan fingerprint density at radius 3 is 2.50 bits per heavy atom. The summed E-state index contributed by atoms with van der Waals surface area (Å²) in [5, 5.41) is 12.1. The first-order chi connectivity index (χ1) is 13.5. The molecule has 1 amide bonds. The predicted molar refractivity (Wildman–Crippen MR) is 116 cm³/mol. The highest BCUT2D eigenvalue weighted by Gasteiger charge is 2.36. The van der Waals surface area contributed by atoms with Crippen LogP contribution < -0.4 is 5.32 Å². The zero-order valence-electron chi connectivity index (χ0n) is 17.1. The standard InChI is InChI=1S/C22H30N2O3Si/c1-4-28(5-2,6-3)21-18-14-27-13-17-16(7-8-19(23-21)20(17)18)15-9-11-24(12-10-15)22(25)26/h7-9,23H,4-6,10-14H2,1-3H3,(H,25,26). The van der Waals surface area contributed by atoms with Crippen LogP contribution in [0.4, 0.5) is 4.79 Å². The Morgan fingerprint density at radius 1 is 1.18 bits per heavy atom. The van der Waals surface area contributed by atoms with Crippen molar-refractivity contribution in [3.63, 3.8) is 0 Å². The fourth-order valence-corrected chi connectivity index (χ4v) is 8.90. The number of benzene rings is 1. The summed E-state index contributed by atoms with van der Waals surface area (Å²) in [5.74, 6) is 0. The molecule has 2 aromatic rings. The van der Waals surface area contributed by atoms with Crippen LogP contribution in [0, 0.1) is 0 Å². The summed E-state index contributed by atoms with van der Waals surface area (Å²) < 4.78 is 6.08. The molecule has 0 fully saturated rings. The van der Waals surface area contributed by atoms with Gasteiger partial charge in [0.05, 0.1) is 13.2 Å². The molecule has 0 radical (unpaired) electrons. The largest absolute Gasteiger partial charge is 0.465 e. The molecule has 3 heterocycles. The normalized spacial score (nSPS) is 17.1. The van der Waals surface area contributed by atoms with Gasteiger partial charge in [0, 0.05) is 34.9 Å². The van der Waals surface area contributed by atoms with Gasteiger partial charge in [-0.05, 0) is 29.2 Å². The highest BCUT2D eigenvalue weighted by atomic mass is 28.3. The minimum atomic E-state index is -1.53. The highest BCUT2D eigenvalue weighted by Crippen LogP contribution is 2.37. The van der Waals surface area contributed by atoms with Gasteiger partial charge >= 0.3 is 6.09 Å². The molecule has 6 heteroatoms. The van der Waals surface area contributed by atoms with Gasteiger partial charge in [-0.15, -0.1) is 0 Å². The molecule has 2 N–H and O–H groups in total. The SMILES string of the molecule is CC[Si](CC)(CC)c1[nH]c2ccc(C3=CCN(C(=O)O)CC3)c3c2c1COC3. The van der Waals surface area contributed by atoms with E-state index in [2.05, 4.69) is 44.0 Å². The van der Waals surface area contributed by atoms with E-state index in [9.17, 15) is 9.90 Å². The number of carboxylic acid groups (broad SMARTS) is 1. The van der Waals surface area contributed by atoms with Gasteiger partial charge in [-0.3, -0.25) is 0 Å². The number of rotatable bonds is 5. The van der Waals surface area contributed by atoms with E-state index in [1.807, 2.05) is 0 Å². The van der Waals surface area contributed by atoms with Crippen molar-refractivity contribution in [1.82, 2.24) is 9.88 Å². The number of carbonyl (C=O) groups is 1. The Morgan fingerprint density at radius 2 is 1.89 bits per heavy atom. The second kappa shape index (κ2) is 7.41. The Bertz CT molecular complexity index is 935. The van der Waals surface area contributed by atoms with Crippen molar-refractivity contribution in [2.75, 3.05) is 13.1 Å². The first-order valence-electron chi connectivity index (χ1n) is 10.5. The van der Waals surface area contributed by atoms with Crippen molar-refractivity contribution in [3.8, 4) is 0 Å². The summed E-state index contributed by atoms with van der Waals surface area (Å²) in [5.41, 5.74) is 6.39. The molecule has 0 aliphatic carbocycles. The molecule has 1 aromatic heterocycles. The maximum Gasteiger partial charge on any atom is 0.407 e. The van der Waals surface area contributed by atoms with E-state index in [0.717, 1.165) is 6.42 Å². The van der Waals surface area contributed by atoms with Crippen LogP contribution in [-0.2, 0) is 18.0 Å². The molecule has 2 aliphatic rings. The molecule has 0 atom stereocenters. The number of amides is 1. The van der Waals surface area contributed by atoms with E-state index in [1.54, 1.807) is 0 Å². The van der Waals surface area contributed by atoms with E-state index >= 15 is 0 Å². The number of hydrogen-bond donors (Lipinski definition) is 2. The molecule has 0 bridgehead atoms. The number of nitrogens with zero attached hydrogens (tertiary/aromatic N) is 1. The average Bonchev–Trinajstić information content (AvgIpc) is 3.11. The molecule has 1 aromatic carbocycles.